The zero-order chi connectivity index (χ0) is 18.9. The van der Waals surface area contributed by atoms with E-state index in [1.807, 2.05) is 0 Å². The maximum Gasteiger partial charge on any atom is 0.270 e. The van der Waals surface area contributed by atoms with E-state index in [9.17, 15) is 23.3 Å². The normalized spacial score (nSPS) is 19.7. The van der Waals surface area contributed by atoms with Gasteiger partial charge in [0.2, 0.25) is 15.9 Å². The molecule has 0 bridgehead atoms. The van der Waals surface area contributed by atoms with Crippen LogP contribution in [0.3, 0.4) is 0 Å². The fourth-order valence-corrected chi connectivity index (χ4v) is 5.37. The van der Waals surface area contributed by atoms with E-state index in [4.69, 9.17) is 0 Å². The molecule has 1 aromatic carbocycles. The van der Waals surface area contributed by atoms with Gasteiger partial charge in [0, 0.05) is 44.2 Å². The van der Waals surface area contributed by atoms with Crippen LogP contribution in [-0.4, -0.2) is 54.6 Å². The van der Waals surface area contributed by atoms with Crippen molar-refractivity contribution in [3.05, 3.63) is 33.9 Å². The van der Waals surface area contributed by atoms with Crippen LogP contribution in [0.5, 0.6) is 0 Å². The summed E-state index contributed by atoms with van der Waals surface area (Å²) in [5, 5.41) is 11.0. The van der Waals surface area contributed by atoms with Crippen LogP contribution in [-0.2, 0) is 14.8 Å². The summed E-state index contributed by atoms with van der Waals surface area (Å²) in [6, 6.07) is 3.86. The molecule has 0 spiro atoms. The Hall–Kier alpha value is -2.00. The first-order valence-electron chi connectivity index (χ1n) is 8.84. The fourth-order valence-electron chi connectivity index (χ4n) is 3.70. The molecule has 0 unspecified atom stereocenters. The number of carbonyl (C=O) groups is 1. The van der Waals surface area contributed by atoms with Crippen LogP contribution in [0.2, 0.25) is 0 Å². The Kier molecular flexibility index (Phi) is 5.29. The molecule has 2 fully saturated rings. The van der Waals surface area contributed by atoms with Gasteiger partial charge in [0.15, 0.2) is 0 Å². The van der Waals surface area contributed by atoms with Crippen molar-refractivity contribution >= 4 is 21.6 Å². The third kappa shape index (κ3) is 3.59. The van der Waals surface area contributed by atoms with E-state index < -0.39 is 14.9 Å². The molecule has 1 aromatic rings. The molecule has 2 aliphatic rings. The monoisotopic (exact) mass is 381 g/mol. The number of rotatable bonds is 4. The van der Waals surface area contributed by atoms with Gasteiger partial charge in [-0.3, -0.25) is 14.9 Å². The second-order valence-electron chi connectivity index (χ2n) is 6.92. The molecule has 1 aliphatic carbocycles. The molecule has 8 nitrogen and oxygen atoms in total. The highest BCUT2D eigenvalue weighted by Gasteiger charge is 2.34. The number of nitro groups is 1. The summed E-state index contributed by atoms with van der Waals surface area (Å²) in [6.45, 7) is 2.77. The fraction of sp³-hybridized carbons (Fsp3) is 0.588. The standard InChI is InChI=1S/C17H23N3O5S/c1-13-6-7-15(20(22)23)12-16(13)26(24,25)19-10-8-18(9-11-19)17(21)14-4-2-3-5-14/h6-7,12,14H,2-5,8-11H2,1H3. The number of hydrogen-bond acceptors (Lipinski definition) is 5. The summed E-state index contributed by atoms with van der Waals surface area (Å²) in [7, 11) is -3.83. The topological polar surface area (TPSA) is 101 Å². The van der Waals surface area contributed by atoms with Crippen molar-refractivity contribution < 1.29 is 18.1 Å². The molecule has 1 aliphatic heterocycles. The van der Waals surface area contributed by atoms with Crippen molar-refractivity contribution in [1.82, 2.24) is 9.21 Å². The van der Waals surface area contributed by atoms with Gasteiger partial charge in [-0.15, -0.1) is 0 Å². The molecular weight excluding hydrogens is 358 g/mol. The minimum atomic E-state index is -3.83. The Balaban J connectivity index is 1.73. The zero-order valence-corrected chi connectivity index (χ0v) is 15.6. The van der Waals surface area contributed by atoms with Crippen molar-refractivity contribution in [2.24, 2.45) is 5.92 Å². The van der Waals surface area contributed by atoms with Gasteiger partial charge >= 0.3 is 0 Å². The van der Waals surface area contributed by atoms with E-state index in [1.165, 1.54) is 16.4 Å². The van der Waals surface area contributed by atoms with Crippen molar-refractivity contribution in [1.29, 1.82) is 0 Å². The number of sulfonamides is 1. The third-order valence-electron chi connectivity index (χ3n) is 5.26. The largest absolute Gasteiger partial charge is 0.340 e. The number of benzene rings is 1. The number of amides is 1. The number of hydrogen-bond donors (Lipinski definition) is 0. The molecule has 3 rings (SSSR count). The second kappa shape index (κ2) is 7.32. The smallest absolute Gasteiger partial charge is 0.270 e. The Morgan fingerprint density at radius 2 is 1.77 bits per heavy atom. The molecule has 0 aromatic heterocycles. The van der Waals surface area contributed by atoms with Gasteiger partial charge in [0.1, 0.15) is 0 Å². The lowest BCUT2D eigenvalue weighted by Crippen LogP contribution is -2.51. The van der Waals surface area contributed by atoms with Gasteiger partial charge in [0.25, 0.3) is 5.69 Å². The number of carbonyl (C=O) groups excluding carboxylic acids is 1. The SMILES string of the molecule is Cc1ccc([N+](=O)[O-])cc1S(=O)(=O)N1CCN(C(=O)C2CCCC2)CC1. The summed E-state index contributed by atoms with van der Waals surface area (Å²) in [4.78, 5) is 24.6. The number of aryl methyl sites for hydroxylation is 1. The van der Waals surface area contributed by atoms with Gasteiger partial charge in [-0.1, -0.05) is 18.9 Å². The first-order valence-corrected chi connectivity index (χ1v) is 10.3. The van der Waals surface area contributed by atoms with Crippen LogP contribution in [0.15, 0.2) is 23.1 Å². The first-order chi connectivity index (χ1) is 12.3. The van der Waals surface area contributed by atoms with Gasteiger partial charge in [-0.25, -0.2) is 8.42 Å². The van der Waals surface area contributed by atoms with E-state index >= 15 is 0 Å². The lowest BCUT2D eigenvalue weighted by atomic mass is 10.1. The molecule has 142 valence electrons. The van der Waals surface area contributed by atoms with E-state index in [-0.39, 0.29) is 35.5 Å². The van der Waals surface area contributed by atoms with Crippen LogP contribution < -0.4 is 0 Å². The summed E-state index contributed by atoms with van der Waals surface area (Å²) in [5.74, 6) is 0.211. The zero-order valence-electron chi connectivity index (χ0n) is 14.8. The molecule has 0 atom stereocenters. The molecular formula is C17H23N3O5S. The Morgan fingerprint density at radius 3 is 2.35 bits per heavy atom. The number of nitro benzene ring substituents is 1. The highest BCUT2D eigenvalue weighted by Crippen LogP contribution is 2.28. The lowest BCUT2D eigenvalue weighted by Gasteiger charge is -2.35. The average molecular weight is 381 g/mol. The predicted molar refractivity (Wildman–Crippen MR) is 95.1 cm³/mol. The van der Waals surface area contributed by atoms with Crippen LogP contribution >= 0.6 is 0 Å². The summed E-state index contributed by atoms with van der Waals surface area (Å²) < 4.78 is 27.1. The summed E-state index contributed by atoms with van der Waals surface area (Å²) in [6.07, 6.45) is 4.00. The minimum absolute atomic E-state index is 0.0396. The minimum Gasteiger partial charge on any atom is -0.340 e. The van der Waals surface area contributed by atoms with E-state index in [0.717, 1.165) is 31.7 Å². The first kappa shape index (κ1) is 18.8. The van der Waals surface area contributed by atoms with Crippen LogP contribution in [0.25, 0.3) is 0 Å². The van der Waals surface area contributed by atoms with Crippen molar-refractivity contribution in [2.45, 2.75) is 37.5 Å². The quantitative estimate of drug-likeness (QED) is 0.586. The summed E-state index contributed by atoms with van der Waals surface area (Å²) in [5.41, 5.74) is 0.226. The highest BCUT2D eigenvalue weighted by atomic mass is 32.2. The molecule has 0 radical (unpaired) electrons. The molecule has 1 amide bonds. The van der Waals surface area contributed by atoms with Crippen molar-refractivity contribution in [2.75, 3.05) is 26.2 Å². The van der Waals surface area contributed by atoms with Gasteiger partial charge in [0.05, 0.1) is 9.82 Å². The lowest BCUT2D eigenvalue weighted by molar-refractivity contribution is -0.385. The predicted octanol–water partition coefficient (Wildman–Crippen LogP) is 1.93. The third-order valence-corrected chi connectivity index (χ3v) is 7.30. The van der Waals surface area contributed by atoms with Crippen LogP contribution in [0.4, 0.5) is 5.69 Å². The molecule has 9 heteroatoms. The van der Waals surface area contributed by atoms with E-state index in [0.29, 0.717) is 18.7 Å². The number of nitrogens with zero attached hydrogens (tertiary/aromatic N) is 3. The van der Waals surface area contributed by atoms with Gasteiger partial charge in [-0.2, -0.15) is 4.31 Å². The highest BCUT2D eigenvalue weighted by molar-refractivity contribution is 7.89. The number of piperazine rings is 1. The molecule has 0 N–H and O–H groups in total. The maximum atomic E-state index is 12.9. The maximum absolute atomic E-state index is 12.9. The molecule has 1 saturated heterocycles. The Bertz CT molecular complexity index is 810. The van der Waals surface area contributed by atoms with Crippen LogP contribution in [0, 0.1) is 23.0 Å². The van der Waals surface area contributed by atoms with Crippen molar-refractivity contribution in [3.63, 3.8) is 0 Å². The molecule has 1 heterocycles. The Labute approximate surface area is 153 Å². The average Bonchev–Trinajstić information content (AvgIpc) is 3.16. The Morgan fingerprint density at radius 1 is 1.15 bits per heavy atom. The van der Waals surface area contributed by atoms with Gasteiger partial charge < -0.3 is 4.90 Å². The van der Waals surface area contributed by atoms with Crippen LogP contribution in [0.1, 0.15) is 31.2 Å². The summed E-state index contributed by atoms with van der Waals surface area (Å²) >= 11 is 0. The van der Waals surface area contributed by atoms with E-state index in [2.05, 4.69) is 0 Å². The molecule has 1 saturated carbocycles. The number of non-ortho nitro benzene ring substituents is 1. The molecule has 26 heavy (non-hydrogen) atoms. The van der Waals surface area contributed by atoms with Gasteiger partial charge in [-0.05, 0) is 25.3 Å². The second-order valence-corrected chi connectivity index (χ2v) is 8.82. The van der Waals surface area contributed by atoms with Crippen molar-refractivity contribution in [3.8, 4) is 0 Å². The van der Waals surface area contributed by atoms with E-state index in [1.54, 1.807) is 11.8 Å².